The summed E-state index contributed by atoms with van der Waals surface area (Å²) in [7, 11) is 0. The molecule has 0 saturated heterocycles. The van der Waals surface area contributed by atoms with E-state index in [-0.39, 0.29) is 6.10 Å². The Morgan fingerprint density at radius 1 is 1.60 bits per heavy atom. The van der Waals surface area contributed by atoms with Crippen molar-refractivity contribution in [2.45, 2.75) is 19.4 Å². The van der Waals surface area contributed by atoms with Crippen LogP contribution in [0.4, 0.5) is 0 Å². The summed E-state index contributed by atoms with van der Waals surface area (Å²) in [5, 5.41) is 12.3. The summed E-state index contributed by atoms with van der Waals surface area (Å²) in [5.74, 6) is 0. The molecule has 0 bridgehead atoms. The van der Waals surface area contributed by atoms with Gasteiger partial charge in [0, 0.05) is 36.0 Å². The maximum atomic E-state index is 9.21. The van der Waals surface area contributed by atoms with E-state index in [1.165, 1.54) is 0 Å². The van der Waals surface area contributed by atoms with Gasteiger partial charge in [0.1, 0.15) is 0 Å². The van der Waals surface area contributed by atoms with Crippen LogP contribution < -0.4 is 8.85 Å². The summed E-state index contributed by atoms with van der Waals surface area (Å²) in [5.41, 5.74) is 0. The normalized spacial score (nSPS) is 13.5. The third-order valence-corrected chi connectivity index (χ3v) is 1.74. The highest BCUT2D eigenvalue weighted by Gasteiger charge is 2.00. The van der Waals surface area contributed by atoms with Gasteiger partial charge >= 0.3 is 0 Å². The lowest BCUT2D eigenvalue weighted by Gasteiger charge is -2.08. The Bertz CT molecular complexity index is 64.8. The second-order valence-corrected chi connectivity index (χ2v) is 2.90. The average molecular weight is 258 g/mol. The van der Waals surface area contributed by atoms with Crippen molar-refractivity contribution >= 4 is 22.9 Å². The number of aliphatic hydroxyl groups excluding tert-OH is 1. The van der Waals surface area contributed by atoms with E-state index in [0.29, 0.717) is 6.54 Å². The molecule has 0 radical (unpaired) electrons. The fourth-order valence-electron chi connectivity index (χ4n) is 0.634. The van der Waals surface area contributed by atoms with Crippen LogP contribution in [0.5, 0.6) is 0 Å². The van der Waals surface area contributed by atoms with Crippen molar-refractivity contribution in [1.29, 1.82) is 0 Å². The number of likely N-dealkylation sites (N-methyl/N-ethyl adjacent to an activating group) is 1. The molecule has 0 aromatic carbocycles. The Labute approximate surface area is 76.1 Å². The molecule has 0 aliphatic carbocycles. The van der Waals surface area contributed by atoms with Gasteiger partial charge in [-0.25, -0.2) is 0 Å². The third kappa shape index (κ3) is 6.73. The van der Waals surface area contributed by atoms with Crippen LogP contribution in [-0.2, 0) is 0 Å². The molecule has 0 rings (SSSR count). The number of nitrogens with one attached hydrogen (secondary N) is 2. The Kier molecular flexibility index (Phi) is 8.18. The highest BCUT2D eigenvalue weighted by Crippen LogP contribution is 1.88. The summed E-state index contributed by atoms with van der Waals surface area (Å²) >= 11 is 2.08. The van der Waals surface area contributed by atoms with Crippen LogP contribution in [0, 0.1) is 0 Å². The zero-order valence-electron chi connectivity index (χ0n) is 6.23. The Morgan fingerprint density at radius 2 is 2.30 bits per heavy atom. The first-order chi connectivity index (χ1) is 4.81. The fraction of sp³-hybridized carbons (Fsp3) is 1.00. The maximum Gasteiger partial charge on any atom is 0.0677 e. The highest BCUT2D eigenvalue weighted by molar-refractivity contribution is 14.1. The standard InChI is InChI=1S/C6H15IN2O/c1-2-8-5-6(10)3-4-9-7/h6,8-10H,2-5H2,1H3/t6-/m0/s1. The van der Waals surface area contributed by atoms with Crippen molar-refractivity contribution in [3.8, 4) is 0 Å². The second-order valence-electron chi connectivity index (χ2n) is 2.13. The van der Waals surface area contributed by atoms with E-state index in [1.807, 2.05) is 6.92 Å². The molecule has 3 N–H and O–H groups in total. The van der Waals surface area contributed by atoms with E-state index >= 15 is 0 Å². The van der Waals surface area contributed by atoms with Gasteiger partial charge in [0.25, 0.3) is 0 Å². The highest BCUT2D eigenvalue weighted by atomic mass is 127. The van der Waals surface area contributed by atoms with E-state index in [1.54, 1.807) is 0 Å². The van der Waals surface area contributed by atoms with Gasteiger partial charge in [-0.15, -0.1) is 0 Å². The predicted octanol–water partition coefficient (Wildman–Crippen LogP) is 0.286. The Hall–Kier alpha value is 0.610. The van der Waals surface area contributed by atoms with Crippen molar-refractivity contribution in [2.24, 2.45) is 0 Å². The van der Waals surface area contributed by atoms with Crippen LogP contribution in [0.2, 0.25) is 0 Å². The van der Waals surface area contributed by atoms with Crippen LogP contribution in [0.25, 0.3) is 0 Å². The summed E-state index contributed by atoms with van der Waals surface area (Å²) in [6.07, 6.45) is 0.609. The summed E-state index contributed by atoms with van der Waals surface area (Å²) < 4.78 is 2.96. The lowest BCUT2D eigenvalue weighted by atomic mass is 10.2. The molecule has 0 amide bonds. The van der Waals surface area contributed by atoms with Gasteiger partial charge in [-0.1, -0.05) is 6.92 Å². The predicted molar refractivity (Wildman–Crippen MR) is 51.2 cm³/mol. The molecule has 0 aromatic heterocycles. The molecular weight excluding hydrogens is 243 g/mol. The van der Waals surface area contributed by atoms with E-state index < -0.39 is 0 Å². The second kappa shape index (κ2) is 7.71. The summed E-state index contributed by atoms with van der Waals surface area (Å²) in [6, 6.07) is 0. The minimum absolute atomic E-state index is 0.206. The van der Waals surface area contributed by atoms with Gasteiger partial charge in [0.05, 0.1) is 6.10 Å². The first-order valence-electron chi connectivity index (χ1n) is 3.53. The quantitative estimate of drug-likeness (QED) is 0.474. The zero-order valence-corrected chi connectivity index (χ0v) is 8.39. The van der Waals surface area contributed by atoms with Gasteiger partial charge in [-0.3, -0.25) is 3.53 Å². The Morgan fingerprint density at radius 3 is 2.80 bits per heavy atom. The number of rotatable bonds is 6. The average Bonchev–Trinajstić information content (AvgIpc) is 1.97. The zero-order chi connectivity index (χ0) is 7.82. The number of hydrogen-bond donors (Lipinski definition) is 3. The molecule has 0 spiro atoms. The molecule has 0 saturated carbocycles. The molecule has 0 aromatic rings. The Balaban J connectivity index is 3.00. The van der Waals surface area contributed by atoms with E-state index in [2.05, 4.69) is 31.7 Å². The largest absolute Gasteiger partial charge is 0.392 e. The molecule has 0 fully saturated rings. The fourth-order valence-corrected chi connectivity index (χ4v) is 0.946. The van der Waals surface area contributed by atoms with Crippen molar-refractivity contribution in [2.75, 3.05) is 19.6 Å². The molecule has 0 aliphatic rings. The van der Waals surface area contributed by atoms with Crippen molar-refractivity contribution in [3.63, 3.8) is 0 Å². The smallest absolute Gasteiger partial charge is 0.0677 e. The molecule has 0 heterocycles. The molecule has 4 heteroatoms. The molecule has 1 atom stereocenters. The van der Waals surface area contributed by atoms with Crippen LogP contribution in [0.3, 0.4) is 0 Å². The minimum atomic E-state index is -0.206. The topological polar surface area (TPSA) is 44.3 Å². The maximum absolute atomic E-state index is 9.21. The van der Waals surface area contributed by atoms with Crippen LogP contribution in [0.1, 0.15) is 13.3 Å². The van der Waals surface area contributed by atoms with Gasteiger partial charge in [-0.05, 0) is 13.0 Å². The van der Waals surface area contributed by atoms with Crippen molar-refractivity contribution in [1.82, 2.24) is 8.85 Å². The van der Waals surface area contributed by atoms with Gasteiger partial charge in [0.2, 0.25) is 0 Å². The van der Waals surface area contributed by atoms with Crippen molar-refractivity contribution in [3.05, 3.63) is 0 Å². The number of halogens is 1. The first kappa shape index (κ1) is 10.6. The lowest BCUT2D eigenvalue weighted by Crippen LogP contribution is -2.28. The minimum Gasteiger partial charge on any atom is -0.392 e. The number of aliphatic hydroxyl groups is 1. The van der Waals surface area contributed by atoms with Gasteiger partial charge < -0.3 is 10.4 Å². The molecule has 0 aliphatic heterocycles. The van der Waals surface area contributed by atoms with E-state index in [9.17, 15) is 5.11 Å². The van der Waals surface area contributed by atoms with Gasteiger partial charge in [0.15, 0.2) is 0 Å². The van der Waals surface area contributed by atoms with Gasteiger partial charge in [-0.2, -0.15) is 0 Å². The SMILES string of the molecule is CCNC[C@@H](O)CCNI. The van der Waals surface area contributed by atoms with Crippen LogP contribution >= 0.6 is 22.9 Å². The van der Waals surface area contributed by atoms with Crippen molar-refractivity contribution < 1.29 is 5.11 Å². The monoisotopic (exact) mass is 258 g/mol. The molecule has 10 heavy (non-hydrogen) atoms. The third-order valence-electron chi connectivity index (χ3n) is 1.20. The molecule has 3 nitrogen and oxygen atoms in total. The number of hydrogen-bond acceptors (Lipinski definition) is 3. The summed E-state index contributed by atoms with van der Waals surface area (Å²) in [6.45, 7) is 4.53. The van der Waals surface area contributed by atoms with E-state index in [4.69, 9.17) is 0 Å². The first-order valence-corrected chi connectivity index (χ1v) is 4.61. The van der Waals surface area contributed by atoms with Crippen LogP contribution in [-0.4, -0.2) is 30.8 Å². The molecule has 0 unspecified atom stereocenters. The van der Waals surface area contributed by atoms with E-state index in [0.717, 1.165) is 19.5 Å². The summed E-state index contributed by atoms with van der Waals surface area (Å²) in [4.78, 5) is 0. The molecule has 62 valence electrons. The molecular formula is C6H15IN2O. The lowest BCUT2D eigenvalue weighted by molar-refractivity contribution is 0.164. The van der Waals surface area contributed by atoms with Crippen LogP contribution in [0.15, 0.2) is 0 Å².